The van der Waals surface area contributed by atoms with E-state index in [1.807, 2.05) is 53.1 Å². The molecule has 0 bridgehead atoms. The fourth-order valence-corrected chi connectivity index (χ4v) is 3.98. The molecule has 1 aliphatic rings. The van der Waals surface area contributed by atoms with Gasteiger partial charge in [-0.1, -0.05) is 30.3 Å². The maximum atomic E-state index is 13.1. The van der Waals surface area contributed by atoms with Crippen molar-refractivity contribution >= 4 is 16.8 Å². The molecule has 2 heterocycles. The van der Waals surface area contributed by atoms with Gasteiger partial charge in [-0.2, -0.15) is 0 Å². The Morgan fingerprint density at radius 1 is 1.23 bits per heavy atom. The molecular formula is C23H26N2O6. The smallest absolute Gasteiger partial charge is 0.253 e. The Bertz CT molecular complexity index is 1050. The minimum absolute atomic E-state index is 0.121. The van der Waals surface area contributed by atoms with Crippen molar-refractivity contribution in [3.05, 3.63) is 65.9 Å². The minimum Gasteiger partial charge on any atom is -0.497 e. The van der Waals surface area contributed by atoms with E-state index in [9.17, 15) is 20.1 Å². The van der Waals surface area contributed by atoms with Crippen LogP contribution in [-0.2, 0) is 11.3 Å². The Hall–Kier alpha value is -2.91. The summed E-state index contributed by atoms with van der Waals surface area (Å²) in [5, 5.41) is 33.1. The Morgan fingerprint density at radius 3 is 2.77 bits per heavy atom. The van der Waals surface area contributed by atoms with Crippen molar-refractivity contribution in [1.29, 1.82) is 0 Å². The molecule has 1 saturated heterocycles. The second-order valence-electron chi connectivity index (χ2n) is 7.67. The SMILES string of the molecule is COc1cccc(Cn2cc(C(=O)N[C@@H]3C(O)CC(CO)OC3O)c3ccccc32)c1. The van der Waals surface area contributed by atoms with E-state index < -0.39 is 30.4 Å². The number of nitrogens with one attached hydrogen (secondary N) is 1. The highest BCUT2D eigenvalue weighted by Gasteiger charge is 2.38. The van der Waals surface area contributed by atoms with Crippen molar-refractivity contribution in [2.24, 2.45) is 0 Å². The average Bonchev–Trinajstić information content (AvgIpc) is 3.14. The molecule has 0 saturated carbocycles. The number of methoxy groups -OCH3 is 1. The van der Waals surface area contributed by atoms with E-state index in [1.54, 1.807) is 13.3 Å². The molecule has 3 aromatic rings. The molecule has 4 N–H and O–H groups in total. The van der Waals surface area contributed by atoms with Gasteiger partial charge in [0.05, 0.1) is 31.5 Å². The molecule has 1 aliphatic heterocycles. The fourth-order valence-electron chi connectivity index (χ4n) is 3.98. The fraction of sp³-hybridized carbons (Fsp3) is 0.348. The van der Waals surface area contributed by atoms with Gasteiger partial charge in [0, 0.05) is 30.1 Å². The van der Waals surface area contributed by atoms with Crippen LogP contribution in [0.3, 0.4) is 0 Å². The zero-order chi connectivity index (χ0) is 22.0. The summed E-state index contributed by atoms with van der Waals surface area (Å²) in [5.41, 5.74) is 2.34. The van der Waals surface area contributed by atoms with Gasteiger partial charge in [0.15, 0.2) is 6.29 Å². The van der Waals surface area contributed by atoms with Gasteiger partial charge >= 0.3 is 0 Å². The molecule has 1 amide bonds. The van der Waals surface area contributed by atoms with Gasteiger partial charge in [0.25, 0.3) is 5.91 Å². The van der Waals surface area contributed by atoms with Gasteiger partial charge in [-0.25, -0.2) is 0 Å². The van der Waals surface area contributed by atoms with Gasteiger partial charge in [-0.05, 0) is 23.8 Å². The first-order chi connectivity index (χ1) is 15.0. The van der Waals surface area contributed by atoms with Crippen LogP contribution in [0.2, 0.25) is 0 Å². The average molecular weight is 426 g/mol. The van der Waals surface area contributed by atoms with Gasteiger partial charge in [-0.3, -0.25) is 4.79 Å². The number of aliphatic hydroxyl groups excluding tert-OH is 3. The number of para-hydroxylation sites is 1. The van der Waals surface area contributed by atoms with E-state index in [0.29, 0.717) is 12.1 Å². The number of ether oxygens (including phenoxy) is 2. The molecule has 8 nitrogen and oxygen atoms in total. The number of hydrogen-bond donors (Lipinski definition) is 4. The molecule has 4 rings (SSSR count). The van der Waals surface area contributed by atoms with Gasteiger partial charge < -0.3 is 34.7 Å². The first-order valence-electron chi connectivity index (χ1n) is 10.1. The van der Waals surface area contributed by atoms with Crippen molar-refractivity contribution in [3.63, 3.8) is 0 Å². The van der Waals surface area contributed by atoms with Crippen molar-refractivity contribution in [1.82, 2.24) is 9.88 Å². The van der Waals surface area contributed by atoms with Crippen LogP contribution < -0.4 is 10.1 Å². The maximum absolute atomic E-state index is 13.1. The zero-order valence-corrected chi connectivity index (χ0v) is 17.1. The second kappa shape index (κ2) is 9.07. The molecule has 1 fully saturated rings. The van der Waals surface area contributed by atoms with E-state index in [1.165, 1.54) is 0 Å². The highest BCUT2D eigenvalue weighted by atomic mass is 16.6. The maximum Gasteiger partial charge on any atom is 0.253 e. The highest BCUT2D eigenvalue weighted by Crippen LogP contribution is 2.25. The summed E-state index contributed by atoms with van der Waals surface area (Å²) in [6.45, 7) is 0.230. The van der Waals surface area contributed by atoms with Gasteiger partial charge in [0.1, 0.15) is 11.8 Å². The minimum atomic E-state index is -1.41. The van der Waals surface area contributed by atoms with Crippen LogP contribution in [0.25, 0.3) is 10.9 Å². The summed E-state index contributed by atoms with van der Waals surface area (Å²) in [6, 6.07) is 14.3. The van der Waals surface area contributed by atoms with Crippen molar-refractivity contribution in [2.45, 2.75) is 37.5 Å². The van der Waals surface area contributed by atoms with Crippen LogP contribution in [0.5, 0.6) is 5.75 Å². The number of benzene rings is 2. The van der Waals surface area contributed by atoms with E-state index in [-0.39, 0.29) is 13.0 Å². The monoisotopic (exact) mass is 426 g/mol. The summed E-state index contributed by atoms with van der Waals surface area (Å²) in [4.78, 5) is 13.1. The quantitative estimate of drug-likeness (QED) is 0.472. The number of aliphatic hydroxyl groups is 3. The van der Waals surface area contributed by atoms with Gasteiger partial charge in [0.2, 0.25) is 0 Å². The molecule has 1 aromatic heterocycles. The number of rotatable bonds is 6. The third kappa shape index (κ3) is 4.42. The zero-order valence-electron chi connectivity index (χ0n) is 17.1. The van der Waals surface area contributed by atoms with E-state index in [4.69, 9.17) is 9.47 Å². The number of hydrogen-bond acceptors (Lipinski definition) is 6. The number of fused-ring (bicyclic) bond motifs is 1. The molecule has 0 spiro atoms. The topological polar surface area (TPSA) is 113 Å². The van der Waals surface area contributed by atoms with E-state index in [2.05, 4.69) is 5.32 Å². The predicted octanol–water partition coefficient (Wildman–Crippen LogP) is 1.26. The second-order valence-corrected chi connectivity index (χ2v) is 7.67. The van der Waals surface area contributed by atoms with Crippen molar-refractivity contribution in [2.75, 3.05) is 13.7 Å². The Kier molecular flexibility index (Phi) is 6.24. The Balaban J connectivity index is 1.60. The van der Waals surface area contributed by atoms with Crippen LogP contribution in [0.4, 0.5) is 0 Å². The number of amides is 1. The van der Waals surface area contributed by atoms with E-state index in [0.717, 1.165) is 22.2 Å². The van der Waals surface area contributed by atoms with Crippen molar-refractivity contribution < 1.29 is 29.6 Å². The van der Waals surface area contributed by atoms with E-state index >= 15 is 0 Å². The Morgan fingerprint density at radius 2 is 2.03 bits per heavy atom. The lowest BCUT2D eigenvalue weighted by atomic mass is 10.00. The third-order valence-corrected chi connectivity index (χ3v) is 5.58. The first-order valence-corrected chi connectivity index (χ1v) is 10.1. The summed E-state index contributed by atoms with van der Waals surface area (Å²) < 4.78 is 12.5. The molecule has 0 aliphatic carbocycles. The number of nitrogens with zero attached hydrogens (tertiary/aromatic N) is 1. The number of aromatic nitrogens is 1. The summed E-state index contributed by atoms with van der Waals surface area (Å²) in [7, 11) is 1.62. The van der Waals surface area contributed by atoms with Crippen molar-refractivity contribution in [3.8, 4) is 5.75 Å². The molecule has 164 valence electrons. The largest absolute Gasteiger partial charge is 0.497 e. The number of carbonyl (C=O) groups is 1. The lowest BCUT2D eigenvalue weighted by Gasteiger charge is -2.36. The molecule has 31 heavy (non-hydrogen) atoms. The molecule has 3 unspecified atom stereocenters. The molecule has 8 heteroatoms. The lowest BCUT2D eigenvalue weighted by molar-refractivity contribution is -0.212. The molecular weight excluding hydrogens is 400 g/mol. The normalized spacial score (nSPS) is 23.6. The standard InChI is InChI=1S/C23H26N2O6/c1-30-15-6-4-5-14(9-15)11-25-12-18(17-7-2-3-8-19(17)25)22(28)24-21-20(27)10-16(13-26)31-23(21)29/h2-9,12,16,20-21,23,26-27,29H,10-11,13H2,1H3,(H,24,28)/t16?,20?,21-,23?/m1/s1. The van der Waals surface area contributed by atoms with Crippen LogP contribution in [-0.4, -0.2) is 64.1 Å². The Labute approximate surface area is 179 Å². The van der Waals surface area contributed by atoms with Crippen LogP contribution >= 0.6 is 0 Å². The summed E-state index contributed by atoms with van der Waals surface area (Å²) in [5.74, 6) is 0.336. The first kappa shape index (κ1) is 21.3. The van der Waals surface area contributed by atoms with Crippen LogP contribution in [0.15, 0.2) is 54.7 Å². The van der Waals surface area contributed by atoms with Gasteiger partial charge in [-0.15, -0.1) is 0 Å². The summed E-state index contributed by atoms with van der Waals surface area (Å²) in [6.07, 6.45) is -1.22. The third-order valence-electron chi connectivity index (χ3n) is 5.58. The van der Waals surface area contributed by atoms with Crippen LogP contribution in [0.1, 0.15) is 22.3 Å². The predicted molar refractivity (Wildman–Crippen MR) is 114 cm³/mol. The number of carbonyl (C=O) groups excluding carboxylic acids is 1. The molecule has 0 radical (unpaired) electrons. The van der Waals surface area contributed by atoms with Crippen LogP contribution in [0, 0.1) is 0 Å². The summed E-state index contributed by atoms with van der Waals surface area (Å²) >= 11 is 0. The highest BCUT2D eigenvalue weighted by molar-refractivity contribution is 6.07. The molecule has 4 atom stereocenters. The lowest BCUT2D eigenvalue weighted by Crippen LogP contribution is -2.57. The molecule has 2 aromatic carbocycles.